The first-order chi connectivity index (χ1) is 9.10. The normalized spacial score (nSPS) is 10.5. The van der Waals surface area contributed by atoms with Crippen molar-refractivity contribution in [2.45, 2.75) is 20.0 Å². The van der Waals surface area contributed by atoms with Crippen LogP contribution in [0.15, 0.2) is 30.3 Å². The zero-order chi connectivity index (χ0) is 13.8. The molecule has 0 aliphatic rings. The van der Waals surface area contributed by atoms with Crippen LogP contribution in [0, 0.1) is 0 Å². The summed E-state index contributed by atoms with van der Waals surface area (Å²) in [6, 6.07) is 9.19. The lowest BCUT2D eigenvalue weighted by atomic mass is 10.1. The highest BCUT2D eigenvalue weighted by atomic mass is 16.5. The van der Waals surface area contributed by atoms with Crippen molar-refractivity contribution in [1.82, 2.24) is 10.2 Å². The number of hydrogen-bond acceptors (Lipinski definition) is 5. The smallest absolute Gasteiger partial charge is 0.162 e. The van der Waals surface area contributed by atoms with Crippen LogP contribution in [0.4, 0.5) is 5.82 Å². The lowest BCUT2D eigenvalue weighted by Gasteiger charge is -2.14. The Morgan fingerprint density at radius 2 is 1.84 bits per heavy atom. The minimum Gasteiger partial charge on any atom is -0.493 e. The Balaban J connectivity index is 2.39. The van der Waals surface area contributed by atoms with Gasteiger partial charge in [-0.15, -0.1) is 10.2 Å². The molecule has 2 N–H and O–H groups in total. The van der Waals surface area contributed by atoms with Gasteiger partial charge in [-0.2, -0.15) is 0 Å². The average molecular weight is 259 g/mol. The average Bonchev–Trinajstić information content (AvgIpc) is 2.39. The molecule has 1 aromatic carbocycles. The highest BCUT2D eigenvalue weighted by molar-refractivity contribution is 5.64. The van der Waals surface area contributed by atoms with E-state index in [1.165, 1.54) is 0 Å². The maximum atomic E-state index is 5.72. The van der Waals surface area contributed by atoms with Gasteiger partial charge in [0, 0.05) is 5.56 Å². The van der Waals surface area contributed by atoms with Gasteiger partial charge in [0.15, 0.2) is 11.5 Å². The van der Waals surface area contributed by atoms with Gasteiger partial charge in [0.05, 0.1) is 18.9 Å². The van der Waals surface area contributed by atoms with E-state index in [0.29, 0.717) is 17.3 Å². The first kappa shape index (κ1) is 13.1. The summed E-state index contributed by atoms with van der Waals surface area (Å²) in [5, 5.41) is 7.90. The highest BCUT2D eigenvalue weighted by Crippen LogP contribution is 2.32. The summed E-state index contributed by atoms with van der Waals surface area (Å²) in [4.78, 5) is 0. The van der Waals surface area contributed by atoms with Crippen LogP contribution in [0.3, 0.4) is 0 Å². The highest BCUT2D eigenvalue weighted by Gasteiger charge is 2.09. The number of hydrogen-bond donors (Lipinski definition) is 1. The van der Waals surface area contributed by atoms with E-state index >= 15 is 0 Å². The van der Waals surface area contributed by atoms with Crippen molar-refractivity contribution in [3.05, 3.63) is 30.3 Å². The molecule has 0 radical (unpaired) electrons. The van der Waals surface area contributed by atoms with Crippen molar-refractivity contribution < 1.29 is 9.47 Å². The zero-order valence-corrected chi connectivity index (χ0v) is 11.3. The molecule has 0 fully saturated rings. The molecule has 5 heteroatoms. The van der Waals surface area contributed by atoms with E-state index in [1.807, 2.05) is 38.1 Å². The Bertz CT molecular complexity index is 553. The van der Waals surface area contributed by atoms with Crippen LogP contribution in [0.2, 0.25) is 0 Å². The molecule has 0 spiro atoms. The fraction of sp³-hybridized carbons (Fsp3) is 0.286. The van der Waals surface area contributed by atoms with E-state index in [2.05, 4.69) is 10.2 Å². The fourth-order valence-corrected chi connectivity index (χ4v) is 1.68. The third kappa shape index (κ3) is 3.13. The monoisotopic (exact) mass is 259 g/mol. The molecular formula is C14H17N3O2. The predicted molar refractivity (Wildman–Crippen MR) is 74.2 cm³/mol. The van der Waals surface area contributed by atoms with Gasteiger partial charge < -0.3 is 15.2 Å². The van der Waals surface area contributed by atoms with Crippen LogP contribution in [0.25, 0.3) is 11.3 Å². The van der Waals surface area contributed by atoms with Crippen LogP contribution in [-0.2, 0) is 0 Å². The lowest BCUT2D eigenvalue weighted by Crippen LogP contribution is -2.06. The Kier molecular flexibility index (Phi) is 3.85. The molecule has 0 aliphatic carbocycles. The number of benzene rings is 1. The zero-order valence-electron chi connectivity index (χ0n) is 11.3. The Morgan fingerprint density at radius 3 is 2.42 bits per heavy atom. The molecule has 5 nitrogen and oxygen atoms in total. The minimum atomic E-state index is 0.0710. The first-order valence-electron chi connectivity index (χ1n) is 6.04. The standard InChI is InChI=1S/C14H17N3O2/c1-9(2)19-13-8-10(4-6-12(13)18-3)11-5-7-14(15)17-16-11/h4-9H,1-3H3,(H2,15,17). The number of rotatable bonds is 4. The van der Waals surface area contributed by atoms with E-state index in [9.17, 15) is 0 Å². The number of ether oxygens (including phenoxy) is 2. The lowest BCUT2D eigenvalue weighted by molar-refractivity contribution is 0.230. The van der Waals surface area contributed by atoms with Gasteiger partial charge in [-0.25, -0.2) is 0 Å². The molecular weight excluding hydrogens is 242 g/mol. The third-order valence-corrected chi connectivity index (χ3v) is 2.51. The number of aromatic nitrogens is 2. The van der Waals surface area contributed by atoms with Crippen molar-refractivity contribution in [3.63, 3.8) is 0 Å². The second kappa shape index (κ2) is 5.56. The SMILES string of the molecule is COc1ccc(-c2ccc(N)nn2)cc1OC(C)C. The number of methoxy groups -OCH3 is 1. The fourth-order valence-electron chi connectivity index (χ4n) is 1.68. The molecule has 0 saturated heterocycles. The summed E-state index contributed by atoms with van der Waals surface area (Å²) < 4.78 is 11.0. The summed E-state index contributed by atoms with van der Waals surface area (Å²) in [5.41, 5.74) is 7.18. The maximum Gasteiger partial charge on any atom is 0.162 e. The molecule has 0 aliphatic heterocycles. The summed E-state index contributed by atoms with van der Waals surface area (Å²) in [7, 11) is 1.62. The molecule has 0 atom stereocenters. The number of nitrogen functional groups attached to an aromatic ring is 1. The summed E-state index contributed by atoms with van der Waals surface area (Å²) in [6.45, 7) is 3.93. The minimum absolute atomic E-state index is 0.0710. The second-order valence-corrected chi connectivity index (χ2v) is 4.38. The van der Waals surface area contributed by atoms with Gasteiger partial charge in [-0.3, -0.25) is 0 Å². The van der Waals surface area contributed by atoms with E-state index in [-0.39, 0.29) is 6.10 Å². The first-order valence-corrected chi connectivity index (χ1v) is 6.04. The van der Waals surface area contributed by atoms with Crippen molar-refractivity contribution >= 4 is 5.82 Å². The van der Waals surface area contributed by atoms with Crippen molar-refractivity contribution in [2.24, 2.45) is 0 Å². The van der Waals surface area contributed by atoms with Crippen molar-refractivity contribution in [2.75, 3.05) is 12.8 Å². The molecule has 19 heavy (non-hydrogen) atoms. The predicted octanol–water partition coefficient (Wildman–Crippen LogP) is 2.52. The van der Waals surface area contributed by atoms with Gasteiger partial charge >= 0.3 is 0 Å². The molecule has 100 valence electrons. The van der Waals surface area contributed by atoms with Crippen molar-refractivity contribution in [3.8, 4) is 22.8 Å². The van der Waals surface area contributed by atoms with Gasteiger partial charge in [-0.05, 0) is 44.2 Å². The Morgan fingerprint density at radius 1 is 1.05 bits per heavy atom. The molecule has 2 rings (SSSR count). The Labute approximate surface area is 112 Å². The van der Waals surface area contributed by atoms with Crippen LogP contribution >= 0.6 is 0 Å². The van der Waals surface area contributed by atoms with E-state index in [4.69, 9.17) is 15.2 Å². The van der Waals surface area contributed by atoms with Crippen LogP contribution in [0.5, 0.6) is 11.5 Å². The van der Waals surface area contributed by atoms with Gasteiger partial charge in [0.25, 0.3) is 0 Å². The quantitative estimate of drug-likeness (QED) is 0.913. The molecule has 1 aromatic heterocycles. The number of anilines is 1. The summed E-state index contributed by atoms with van der Waals surface area (Å²) >= 11 is 0. The van der Waals surface area contributed by atoms with Crippen LogP contribution in [-0.4, -0.2) is 23.4 Å². The van der Waals surface area contributed by atoms with E-state index in [0.717, 1.165) is 11.3 Å². The Hall–Kier alpha value is -2.30. The van der Waals surface area contributed by atoms with E-state index in [1.54, 1.807) is 13.2 Å². The molecule has 2 aromatic rings. The van der Waals surface area contributed by atoms with Crippen molar-refractivity contribution in [1.29, 1.82) is 0 Å². The number of nitrogens with zero attached hydrogens (tertiary/aromatic N) is 2. The second-order valence-electron chi connectivity index (χ2n) is 4.38. The van der Waals surface area contributed by atoms with Crippen LogP contribution < -0.4 is 15.2 Å². The summed E-state index contributed by atoms with van der Waals surface area (Å²) in [5.74, 6) is 1.78. The van der Waals surface area contributed by atoms with E-state index < -0.39 is 0 Å². The van der Waals surface area contributed by atoms with Crippen LogP contribution in [0.1, 0.15) is 13.8 Å². The molecule has 0 bridgehead atoms. The van der Waals surface area contributed by atoms with Gasteiger partial charge in [0.2, 0.25) is 0 Å². The van der Waals surface area contributed by atoms with Gasteiger partial charge in [0.1, 0.15) is 5.82 Å². The molecule has 0 unspecified atom stereocenters. The largest absolute Gasteiger partial charge is 0.493 e. The maximum absolute atomic E-state index is 5.72. The molecule has 0 saturated carbocycles. The third-order valence-electron chi connectivity index (χ3n) is 2.51. The summed E-state index contributed by atoms with van der Waals surface area (Å²) in [6.07, 6.45) is 0.0710. The molecule has 0 amide bonds. The molecule has 1 heterocycles. The topological polar surface area (TPSA) is 70.3 Å². The van der Waals surface area contributed by atoms with Gasteiger partial charge in [-0.1, -0.05) is 0 Å². The number of nitrogens with two attached hydrogens (primary N) is 1.